The molecule has 1 aromatic rings. The van der Waals surface area contributed by atoms with Crippen molar-refractivity contribution >= 4 is 17.4 Å². The first-order chi connectivity index (χ1) is 8.29. The van der Waals surface area contributed by atoms with Crippen molar-refractivity contribution < 1.29 is 4.74 Å². The molecule has 0 bridgehead atoms. The summed E-state index contributed by atoms with van der Waals surface area (Å²) >= 11 is 5.72. The van der Waals surface area contributed by atoms with E-state index < -0.39 is 0 Å². The Hall–Kier alpha value is -1.64. The van der Waals surface area contributed by atoms with Gasteiger partial charge in [0.25, 0.3) is 0 Å². The maximum Gasteiger partial charge on any atom is 0.207 e. The minimum atomic E-state index is 0.384. The van der Waals surface area contributed by atoms with Gasteiger partial charge in [0.2, 0.25) is 6.19 Å². The molecule has 1 aliphatic heterocycles. The first-order valence-electron chi connectivity index (χ1n) is 5.18. The van der Waals surface area contributed by atoms with Gasteiger partial charge in [-0.3, -0.25) is 0 Å². The molecule has 5 nitrogen and oxygen atoms in total. The SMILES string of the molecule is N#C/N=C1/COCCN1Cc1ccc(Cl)nc1. The van der Waals surface area contributed by atoms with Crippen LogP contribution < -0.4 is 0 Å². The fourth-order valence-electron chi connectivity index (χ4n) is 1.61. The number of amidine groups is 1. The van der Waals surface area contributed by atoms with Gasteiger partial charge >= 0.3 is 0 Å². The summed E-state index contributed by atoms with van der Waals surface area (Å²) in [5.74, 6) is 0.661. The molecule has 2 heterocycles. The predicted molar refractivity (Wildman–Crippen MR) is 63.5 cm³/mol. The van der Waals surface area contributed by atoms with Crippen LogP contribution in [0, 0.1) is 11.5 Å². The molecule has 0 spiro atoms. The molecule has 0 aliphatic carbocycles. The molecule has 0 radical (unpaired) electrons. The van der Waals surface area contributed by atoms with E-state index in [4.69, 9.17) is 21.6 Å². The van der Waals surface area contributed by atoms with Crippen molar-refractivity contribution in [1.82, 2.24) is 9.88 Å². The molecule has 0 N–H and O–H groups in total. The number of ether oxygens (including phenoxy) is 1. The zero-order valence-electron chi connectivity index (χ0n) is 9.14. The van der Waals surface area contributed by atoms with Gasteiger partial charge in [0.1, 0.15) is 17.6 Å². The summed E-state index contributed by atoms with van der Waals surface area (Å²) in [7, 11) is 0. The van der Waals surface area contributed by atoms with Crippen LogP contribution in [0.2, 0.25) is 5.15 Å². The van der Waals surface area contributed by atoms with Gasteiger partial charge in [0.15, 0.2) is 0 Å². The van der Waals surface area contributed by atoms with Crippen LogP contribution in [-0.2, 0) is 11.3 Å². The number of halogens is 1. The van der Waals surface area contributed by atoms with Crippen molar-refractivity contribution in [2.24, 2.45) is 4.99 Å². The van der Waals surface area contributed by atoms with Crippen molar-refractivity contribution in [2.45, 2.75) is 6.54 Å². The lowest BCUT2D eigenvalue weighted by molar-refractivity contribution is 0.114. The zero-order valence-corrected chi connectivity index (χ0v) is 9.89. The number of hydrogen-bond acceptors (Lipinski definition) is 4. The van der Waals surface area contributed by atoms with Crippen molar-refractivity contribution in [3.05, 3.63) is 29.0 Å². The molecule has 17 heavy (non-hydrogen) atoms. The quantitative estimate of drug-likeness (QED) is 0.589. The van der Waals surface area contributed by atoms with Crippen molar-refractivity contribution in [3.8, 4) is 6.19 Å². The molecule has 2 rings (SSSR count). The van der Waals surface area contributed by atoms with Crippen molar-refractivity contribution in [2.75, 3.05) is 19.8 Å². The molecule has 0 unspecified atom stereocenters. The van der Waals surface area contributed by atoms with Crippen LogP contribution in [0.3, 0.4) is 0 Å². The number of rotatable bonds is 2. The summed E-state index contributed by atoms with van der Waals surface area (Å²) in [6, 6.07) is 3.66. The van der Waals surface area contributed by atoms with Gasteiger partial charge < -0.3 is 9.64 Å². The fourth-order valence-corrected chi connectivity index (χ4v) is 1.72. The third-order valence-electron chi connectivity index (χ3n) is 2.44. The van der Waals surface area contributed by atoms with E-state index in [1.165, 1.54) is 0 Å². The van der Waals surface area contributed by atoms with Crippen LogP contribution >= 0.6 is 11.6 Å². The molecule has 0 atom stereocenters. The second kappa shape index (κ2) is 5.62. The Morgan fingerprint density at radius 1 is 1.59 bits per heavy atom. The average Bonchev–Trinajstić information content (AvgIpc) is 2.35. The number of nitriles is 1. The number of aliphatic imine (C=N–C) groups is 1. The molecule has 1 fully saturated rings. The predicted octanol–water partition coefficient (Wildman–Crippen LogP) is 1.45. The summed E-state index contributed by atoms with van der Waals surface area (Å²) in [6.07, 6.45) is 3.52. The molecule has 88 valence electrons. The molecular weight excluding hydrogens is 240 g/mol. The normalized spacial score (nSPS) is 18.1. The highest BCUT2D eigenvalue weighted by atomic mass is 35.5. The summed E-state index contributed by atoms with van der Waals surface area (Å²) in [4.78, 5) is 9.79. The first-order valence-corrected chi connectivity index (χ1v) is 5.56. The maximum atomic E-state index is 8.59. The van der Waals surface area contributed by atoms with E-state index in [2.05, 4.69) is 9.98 Å². The van der Waals surface area contributed by atoms with E-state index >= 15 is 0 Å². The third-order valence-corrected chi connectivity index (χ3v) is 2.67. The molecule has 1 saturated heterocycles. The van der Waals surface area contributed by atoms with E-state index in [-0.39, 0.29) is 0 Å². The number of nitrogens with zero attached hydrogens (tertiary/aromatic N) is 4. The summed E-state index contributed by atoms with van der Waals surface area (Å²) in [5.41, 5.74) is 1.03. The maximum absolute atomic E-state index is 8.59. The first kappa shape index (κ1) is 11.8. The van der Waals surface area contributed by atoms with Crippen LogP contribution in [0.25, 0.3) is 0 Å². The Labute approximate surface area is 104 Å². The third kappa shape index (κ3) is 3.16. The van der Waals surface area contributed by atoms with Crippen molar-refractivity contribution in [1.29, 1.82) is 5.26 Å². The van der Waals surface area contributed by atoms with Crippen LogP contribution in [0.1, 0.15) is 5.56 Å². The second-order valence-electron chi connectivity index (χ2n) is 3.59. The number of hydrogen-bond donors (Lipinski definition) is 0. The molecule has 0 saturated carbocycles. The number of morpholine rings is 1. The van der Waals surface area contributed by atoms with Crippen LogP contribution in [0.4, 0.5) is 0 Å². The minimum Gasteiger partial charge on any atom is -0.372 e. The van der Waals surface area contributed by atoms with Gasteiger partial charge in [-0.25, -0.2) is 4.98 Å². The largest absolute Gasteiger partial charge is 0.372 e. The van der Waals surface area contributed by atoms with Crippen LogP contribution in [0.5, 0.6) is 0 Å². The molecule has 0 amide bonds. The molecule has 0 aromatic carbocycles. The molecule has 6 heteroatoms. The van der Waals surface area contributed by atoms with Crippen molar-refractivity contribution in [3.63, 3.8) is 0 Å². The minimum absolute atomic E-state index is 0.384. The number of aromatic nitrogens is 1. The monoisotopic (exact) mass is 250 g/mol. The Bertz CT molecular complexity index is 452. The second-order valence-corrected chi connectivity index (χ2v) is 3.98. The van der Waals surface area contributed by atoms with Crippen LogP contribution in [0.15, 0.2) is 23.3 Å². The Kier molecular flexibility index (Phi) is 3.91. The highest BCUT2D eigenvalue weighted by Crippen LogP contribution is 2.10. The average molecular weight is 251 g/mol. The standard InChI is InChI=1S/C11H11ClN4O/c12-10-2-1-9(5-14-10)6-16-3-4-17-7-11(16)15-8-13/h1-2,5H,3-4,6-7H2/b15-11-. The van der Waals surface area contributed by atoms with Gasteiger partial charge in [-0.1, -0.05) is 17.7 Å². The Morgan fingerprint density at radius 3 is 3.18 bits per heavy atom. The summed E-state index contributed by atoms with van der Waals surface area (Å²) < 4.78 is 5.26. The van der Waals surface area contributed by atoms with E-state index in [1.807, 2.05) is 11.0 Å². The molecule has 1 aromatic heterocycles. The van der Waals surface area contributed by atoms with Gasteiger partial charge in [-0.15, -0.1) is 0 Å². The highest BCUT2D eigenvalue weighted by Gasteiger charge is 2.17. The smallest absolute Gasteiger partial charge is 0.207 e. The fraction of sp³-hybridized carbons (Fsp3) is 0.364. The van der Waals surface area contributed by atoms with Gasteiger partial charge in [-0.05, 0) is 11.6 Å². The highest BCUT2D eigenvalue weighted by molar-refractivity contribution is 6.29. The Balaban J connectivity index is 2.08. The summed E-state index contributed by atoms with van der Waals surface area (Å²) in [6.45, 7) is 2.41. The zero-order chi connectivity index (χ0) is 12.1. The van der Waals surface area contributed by atoms with E-state index in [1.54, 1.807) is 18.5 Å². The number of pyridine rings is 1. The Morgan fingerprint density at radius 2 is 2.47 bits per heavy atom. The van der Waals surface area contributed by atoms with E-state index in [0.29, 0.717) is 30.7 Å². The molecule has 1 aliphatic rings. The van der Waals surface area contributed by atoms with Crippen LogP contribution in [-0.4, -0.2) is 35.5 Å². The van der Waals surface area contributed by atoms with E-state index in [9.17, 15) is 0 Å². The molecular formula is C11H11ClN4O. The van der Waals surface area contributed by atoms with Gasteiger partial charge in [0, 0.05) is 19.3 Å². The van der Waals surface area contributed by atoms with Gasteiger partial charge in [-0.2, -0.15) is 10.3 Å². The topological polar surface area (TPSA) is 61.5 Å². The van der Waals surface area contributed by atoms with E-state index in [0.717, 1.165) is 12.1 Å². The lowest BCUT2D eigenvalue weighted by atomic mass is 10.2. The summed E-state index contributed by atoms with van der Waals surface area (Å²) in [5, 5.41) is 9.06. The lowest BCUT2D eigenvalue weighted by Crippen LogP contribution is -2.41. The van der Waals surface area contributed by atoms with Gasteiger partial charge in [0.05, 0.1) is 6.61 Å². The lowest BCUT2D eigenvalue weighted by Gasteiger charge is -2.29.